The number of hydrogen-bond acceptors (Lipinski definition) is 3. The SMILES string of the molecule is CCN(CC)C(=O)C(OCc1cc(C(F)(F)F)cc(C(F)(F)F)c1)C1CCCNC1c1ccccc1. The number of alkyl halides is 6. The van der Waals surface area contributed by atoms with Gasteiger partial charge in [-0.05, 0) is 62.6 Å². The van der Waals surface area contributed by atoms with E-state index in [1.165, 1.54) is 0 Å². The largest absolute Gasteiger partial charge is 0.416 e. The van der Waals surface area contributed by atoms with Gasteiger partial charge in [-0.3, -0.25) is 4.79 Å². The van der Waals surface area contributed by atoms with Gasteiger partial charge in [0.2, 0.25) is 0 Å². The zero-order chi connectivity index (χ0) is 26.5. The van der Waals surface area contributed by atoms with Crippen LogP contribution in [0, 0.1) is 5.92 Å². The van der Waals surface area contributed by atoms with Crippen molar-refractivity contribution < 1.29 is 35.9 Å². The molecule has 0 aromatic heterocycles. The highest BCUT2D eigenvalue weighted by Gasteiger charge is 2.40. The summed E-state index contributed by atoms with van der Waals surface area (Å²) in [5.41, 5.74) is -2.19. The molecule has 1 N–H and O–H groups in total. The molecule has 36 heavy (non-hydrogen) atoms. The summed E-state index contributed by atoms with van der Waals surface area (Å²) in [6, 6.07) is 10.5. The van der Waals surface area contributed by atoms with Gasteiger partial charge in [-0.25, -0.2) is 0 Å². The highest BCUT2D eigenvalue weighted by atomic mass is 19.4. The third kappa shape index (κ3) is 6.79. The Morgan fingerprint density at radius 3 is 2.11 bits per heavy atom. The third-order valence-corrected chi connectivity index (χ3v) is 6.45. The number of nitrogens with zero attached hydrogens (tertiary/aromatic N) is 1. The Labute approximate surface area is 206 Å². The number of likely N-dealkylation sites (N-methyl/N-ethyl adjacent to an activating group) is 1. The van der Waals surface area contributed by atoms with Gasteiger partial charge >= 0.3 is 12.4 Å². The molecule has 4 nitrogen and oxygen atoms in total. The Morgan fingerprint density at radius 2 is 1.58 bits per heavy atom. The molecule has 1 aliphatic rings. The van der Waals surface area contributed by atoms with E-state index in [0.29, 0.717) is 38.2 Å². The summed E-state index contributed by atoms with van der Waals surface area (Å²) >= 11 is 0. The molecule has 0 spiro atoms. The Balaban J connectivity index is 1.96. The maximum absolute atomic E-state index is 13.5. The van der Waals surface area contributed by atoms with E-state index in [4.69, 9.17) is 4.74 Å². The molecule has 1 fully saturated rings. The van der Waals surface area contributed by atoms with Gasteiger partial charge in [-0.1, -0.05) is 30.3 Å². The average molecular weight is 517 g/mol. The topological polar surface area (TPSA) is 41.6 Å². The minimum Gasteiger partial charge on any atom is -0.363 e. The van der Waals surface area contributed by atoms with Crippen LogP contribution in [0.25, 0.3) is 0 Å². The molecule has 1 heterocycles. The van der Waals surface area contributed by atoms with Crippen LogP contribution in [0.2, 0.25) is 0 Å². The maximum Gasteiger partial charge on any atom is 0.416 e. The fourth-order valence-electron chi connectivity index (χ4n) is 4.65. The second-order valence-electron chi connectivity index (χ2n) is 8.80. The predicted octanol–water partition coefficient (Wildman–Crippen LogP) is 6.22. The van der Waals surface area contributed by atoms with E-state index in [0.717, 1.165) is 12.0 Å². The quantitative estimate of drug-likeness (QED) is 0.424. The van der Waals surface area contributed by atoms with Crippen molar-refractivity contribution in [2.75, 3.05) is 19.6 Å². The van der Waals surface area contributed by atoms with Crippen LogP contribution in [-0.2, 0) is 28.5 Å². The summed E-state index contributed by atoms with van der Waals surface area (Å²) in [6.45, 7) is 4.54. The van der Waals surface area contributed by atoms with Crippen LogP contribution >= 0.6 is 0 Å². The molecule has 0 bridgehead atoms. The van der Waals surface area contributed by atoms with Crippen molar-refractivity contribution in [1.82, 2.24) is 10.2 Å². The van der Waals surface area contributed by atoms with Crippen molar-refractivity contribution in [1.29, 1.82) is 0 Å². The van der Waals surface area contributed by atoms with E-state index in [9.17, 15) is 31.1 Å². The number of piperidine rings is 1. The summed E-state index contributed by atoms with van der Waals surface area (Å²) in [5, 5.41) is 3.40. The summed E-state index contributed by atoms with van der Waals surface area (Å²) in [5.74, 6) is -0.695. The number of carbonyl (C=O) groups is 1. The van der Waals surface area contributed by atoms with E-state index in [2.05, 4.69) is 5.32 Å². The lowest BCUT2D eigenvalue weighted by Gasteiger charge is -2.39. The van der Waals surface area contributed by atoms with E-state index in [1.807, 2.05) is 30.3 Å². The zero-order valence-electron chi connectivity index (χ0n) is 20.1. The summed E-state index contributed by atoms with van der Waals surface area (Å²) < 4.78 is 85.8. The highest BCUT2D eigenvalue weighted by Crippen LogP contribution is 2.38. The number of rotatable bonds is 8. The number of hydrogen-bond donors (Lipinski definition) is 1. The van der Waals surface area contributed by atoms with Crippen LogP contribution in [0.5, 0.6) is 0 Å². The van der Waals surface area contributed by atoms with Crippen LogP contribution in [0.3, 0.4) is 0 Å². The standard InChI is InChI=1S/C26H30F6N2O2/c1-3-34(4-2)24(35)23(21-11-8-12-33-22(21)18-9-6-5-7-10-18)36-16-17-13-19(25(27,28)29)15-20(14-17)26(30,31)32/h5-7,9-10,13-15,21-23,33H,3-4,8,11-12,16H2,1-2H3. The molecule has 3 atom stereocenters. The first-order valence-corrected chi connectivity index (χ1v) is 11.9. The number of benzene rings is 2. The van der Waals surface area contributed by atoms with Crippen molar-refractivity contribution in [3.05, 3.63) is 70.8 Å². The number of nitrogens with one attached hydrogen (secondary N) is 1. The number of ether oxygens (including phenoxy) is 1. The van der Waals surface area contributed by atoms with Gasteiger partial charge in [0.25, 0.3) is 5.91 Å². The van der Waals surface area contributed by atoms with E-state index >= 15 is 0 Å². The average Bonchev–Trinajstić information content (AvgIpc) is 2.84. The first-order valence-electron chi connectivity index (χ1n) is 11.9. The highest BCUT2D eigenvalue weighted by molar-refractivity contribution is 5.81. The molecule has 0 aliphatic carbocycles. The lowest BCUT2D eigenvalue weighted by Crippen LogP contribution is -2.49. The first kappa shape index (κ1) is 28.0. The van der Waals surface area contributed by atoms with E-state index < -0.39 is 36.2 Å². The van der Waals surface area contributed by atoms with Gasteiger partial charge in [-0.15, -0.1) is 0 Å². The molecule has 1 amide bonds. The molecule has 3 unspecified atom stereocenters. The fourth-order valence-corrected chi connectivity index (χ4v) is 4.65. The van der Waals surface area contributed by atoms with Crippen LogP contribution < -0.4 is 5.32 Å². The summed E-state index contributed by atoms with van der Waals surface area (Å²) in [6.07, 6.45) is -9.61. The van der Waals surface area contributed by atoms with Crippen LogP contribution in [0.1, 0.15) is 55.0 Å². The molecular weight excluding hydrogens is 486 g/mol. The lowest BCUT2D eigenvalue weighted by atomic mass is 9.81. The minimum absolute atomic E-state index is 0.0819. The van der Waals surface area contributed by atoms with Crippen molar-refractivity contribution in [2.24, 2.45) is 5.92 Å². The Kier molecular flexibility index (Phi) is 9.05. The van der Waals surface area contributed by atoms with Gasteiger partial charge in [-0.2, -0.15) is 26.3 Å². The van der Waals surface area contributed by atoms with Crippen LogP contribution in [0.4, 0.5) is 26.3 Å². The minimum atomic E-state index is -4.96. The van der Waals surface area contributed by atoms with Crippen LogP contribution in [-0.4, -0.2) is 36.5 Å². The zero-order valence-corrected chi connectivity index (χ0v) is 20.1. The Bertz CT molecular complexity index is 973. The van der Waals surface area contributed by atoms with E-state index in [1.54, 1.807) is 18.7 Å². The maximum atomic E-state index is 13.5. The van der Waals surface area contributed by atoms with Crippen molar-refractivity contribution in [3.63, 3.8) is 0 Å². The van der Waals surface area contributed by atoms with Crippen LogP contribution in [0.15, 0.2) is 48.5 Å². The molecule has 0 saturated carbocycles. The van der Waals surface area contributed by atoms with Crippen molar-refractivity contribution in [2.45, 2.75) is 57.8 Å². The smallest absolute Gasteiger partial charge is 0.363 e. The molecule has 2 aromatic carbocycles. The second kappa shape index (κ2) is 11.6. The first-order chi connectivity index (χ1) is 17.0. The van der Waals surface area contributed by atoms with Gasteiger partial charge in [0.05, 0.1) is 17.7 Å². The molecule has 10 heteroatoms. The summed E-state index contributed by atoms with van der Waals surface area (Å²) in [7, 11) is 0. The summed E-state index contributed by atoms with van der Waals surface area (Å²) in [4.78, 5) is 15.0. The molecule has 198 valence electrons. The normalized spacial score (nSPS) is 19.7. The molecular formula is C26H30F6N2O2. The molecule has 0 radical (unpaired) electrons. The number of halogens is 6. The van der Waals surface area contributed by atoms with Gasteiger partial charge in [0, 0.05) is 25.0 Å². The van der Waals surface area contributed by atoms with Crippen molar-refractivity contribution >= 4 is 5.91 Å². The van der Waals surface area contributed by atoms with Crippen molar-refractivity contribution in [3.8, 4) is 0 Å². The Morgan fingerprint density at radius 1 is 1.00 bits per heavy atom. The molecule has 3 rings (SSSR count). The fraction of sp³-hybridized carbons (Fsp3) is 0.500. The molecule has 1 aliphatic heterocycles. The number of amides is 1. The van der Waals surface area contributed by atoms with E-state index in [-0.39, 0.29) is 29.5 Å². The predicted molar refractivity (Wildman–Crippen MR) is 123 cm³/mol. The number of carbonyl (C=O) groups excluding carboxylic acids is 1. The molecule has 1 saturated heterocycles. The van der Waals surface area contributed by atoms with Gasteiger partial charge in [0.15, 0.2) is 0 Å². The monoisotopic (exact) mass is 516 g/mol. The molecule has 2 aromatic rings. The van der Waals surface area contributed by atoms with Gasteiger partial charge < -0.3 is 15.0 Å². The second-order valence-corrected chi connectivity index (χ2v) is 8.80. The lowest BCUT2D eigenvalue weighted by molar-refractivity contribution is -0.151. The third-order valence-electron chi connectivity index (χ3n) is 6.45. The van der Waals surface area contributed by atoms with Gasteiger partial charge in [0.1, 0.15) is 6.10 Å². The Hall–Kier alpha value is -2.59.